The number of carbonyl (C=O) groups is 1. The van der Waals surface area contributed by atoms with Gasteiger partial charge in [0.1, 0.15) is 0 Å². The molecular weight excluding hydrogens is 336 g/mol. The van der Waals surface area contributed by atoms with Gasteiger partial charge in [-0.25, -0.2) is 0 Å². The van der Waals surface area contributed by atoms with Gasteiger partial charge in [0.2, 0.25) is 0 Å². The van der Waals surface area contributed by atoms with E-state index in [-0.39, 0.29) is 11.9 Å². The lowest BCUT2D eigenvalue weighted by Crippen LogP contribution is -2.38. The summed E-state index contributed by atoms with van der Waals surface area (Å²) in [6.45, 7) is 3.70. The van der Waals surface area contributed by atoms with Crippen LogP contribution in [0, 0.1) is 0 Å². The summed E-state index contributed by atoms with van der Waals surface area (Å²) in [5, 5.41) is 4.32. The molecule has 0 radical (unpaired) electrons. The van der Waals surface area contributed by atoms with Gasteiger partial charge in [0.25, 0.3) is 5.91 Å². The van der Waals surface area contributed by atoms with Crippen LogP contribution in [0.5, 0.6) is 0 Å². The minimum atomic E-state index is 0.0647. The van der Waals surface area contributed by atoms with E-state index < -0.39 is 0 Å². The lowest BCUT2D eigenvalue weighted by Gasteiger charge is -2.35. The molecule has 0 N–H and O–H groups in total. The van der Waals surface area contributed by atoms with Crippen molar-refractivity contribution in [1.82, 2.24) is 19.7 Å². The topological polar surface area (TPSA) is 51.0 Å². The number of likely N-dealkylation sites (tertiary alicyclic amines) is 1. The Bertz CT molecular complexity index is 902. The van der Waals surface area contributed by atoms with Crippen LogP contribution < -0.4 is 0 Å². The fourth-order valence-corrected chi connectivity index (χ4v) is 3.71. The van der Waals surface area contributed by atoms with Crippen molar-refractivity contribution in [2.45, 2.75) is 38.8 Å². The maximum absolute atomic E-state index is 13.2. The van der Waals surface area contributed by atoms with Crippen LogP contribution in [0.3, 0.4) is 0 Å². The molecule has 1 aliphatic rings. The minimum Gasteiger partial charge on any atom is -0.330 e. The van der Waals surface area contributed by atoms with E-state index in [1.807, 2.05) is 64.4 Å². The molecule has 1 amide bonds. The first-order valence-corrected chi connectivity index (χ1v) is 9.61. The summed E-state index contributed by atoms with van der Waals surface area (Å²) in [4.78, 5) is 19.6. The van der Waals surface area contributed by atoms with Crippen LogP contribution in [0.2, 0.25) is 0 Å². The maximum Gasteiger partial charge on any atom is 0.254 e. The molecule has 1 aromatic carbocycles. The van der Waals surface area contributed by atoms with Crippen molar-refractivity contribution in [1.29, 1.82) is 0 Å². The Morgan fingerprint density at radius 2 is 1.96 bits per heavy atom. The molecule has 0 spiro atoms. The molecule has 4 rings (SSSR count). The number of pyridine rings is 1. The molecule has 5 heteroatoms. The Kier molecular flexibility index (Phi) is 5.01. The quantitative estimate of drug-likeness (QED) is 0.696. The highest BCUT2D eigenvalue weighted by molar-refractivity contribution is 5.95. The van der Waals surface area contributed by atoms with Crippen LogP contribution in [0.1, 0.15) is 48.3 Å². The highest BCUT2D eigenvalue weighted by Gasteiger charge is 2.29. The van der Waals surface area contributed by atoms with E-state index in [2.05, 4.69) is 17.0 Å². The summed E-state index contributed by atoms with van der Waals surface area (Å²) in [5.41, 5.74) is 3.85. The summed E-state index contributed by atoms with van der Waals surface area (Å²) in [6.07, 6.45) is 8.84. The van der Waals surface area contributed by atoms with E-state index in [1.165, 1.54) is 0 Å². The first-order valence-electron chi connectivity index (χ1n) is 9.61. The summed E-state index contributed by atoms with van der Waals surface area (Å²) in [6, 6.07) is 13.8. The van der Waals surface area contributed by atoms with E-state index >= 15 is 0 Å². The number of hydrogen-bond acceptors (Lipinski definition) is 3. The van der Waals surface area contributed by atoms with Gasteiger partial charge in [-0.2, -0.15) is 5.10 Å². The molecule has 27 heavy (non-hydrogen) atoms. The zero-order valence-corrected chi connectivity index (χ0v) is 15.6. The molecule has 5 nitrogen and oxygen atoms in total. The average molecular weight is 360 g/mol. The highest BCUT2D eigenvalue weighted by Crippen LogP contribution is 2.31. The summed E-state index contributed by atoms with van der Waals surface area (Å²) in [5.74, 6) is 0.0844. The van der Waals surface area contributed by atoms with E-state index in [0.29, 0.717) is 0 Å². The Hall–Kier alpha value is -2.95. The number of carbonyl (C=O) groups excluding carboxylic acids is 1. The van der Waals surface area contributed by atoms with Crippen molar-refractivity contribution < 1.29 is 4.79 Å². The minimum absolute atomic E-state index is 0.0647. The van der Waals surface area contributed by atoms with Gasteiger partial charge < -0.3 is 4.90 Å². The van der Waals surface area contributed by atoms with Crippen molar-refractivity contribution in [2.24, 2.45) is 0 Å². The maximum atomic E-state index is 13.2. The fraction of sp³-hybridized carbons (Fsp3) is 0.318. The summed E-state index contributed by atoms with van der Waals surface area (Å²) >= 11 is 0. The molecule has 1 atom stereocenters. The Labute approximate surface area is 159 Å². The third kappa shape index (κ3) is 3.63. The van der Waals surface area contributed by atoms with Crippen molar-refractivity contribution in [2.75, 3.05) is 6.54 Å². The van der Waals surface area contributed by atoms with Crippen molar-refractivity contribution in [3.63, 3.8) is 0 Å². The number of piperidine rings is 1. The van der Waals surface area contributed by atoms with Gasteiger partial charge in [0.05, 0.1) is 17.9 Å². The number of aryl methyl sites for hydroxylation is 1. The molecule has 3 heterocycles. The standard InChI is InChI=1S/C22H24N4O/c1-2-25-16-19(15-24-25)17-9-11-18(12-10-17)22(27)26-14-6-4-8-21(26)20-7-3-5-13-23-20/h3,5,7,9-13,15-16,21H,2,4,6,8,14H2,1H3/t21-/m0/s1. The molecule has 0 unspecified atom stereocenters. The van der Waals surface area contributed by atoms with E-state index in [4.69, 9.17) is 0 Å². The molecule has 1 fully saturated rings. The van der Waals surface area contributed by atoms with Crippen LogP contribution in [0.25, 0.3) is 11.1 Å². The number of hydrogen-bond donors (Lipinski definition) is 0. The number of amides is 1. The molecule has 0 saturated carbocycles. The number of nitrogens with zero attached hydrogens (tertiary/aromatic N) is 4. The van der Waals surface area contributed by atoms with Crippen LogP contribution in [-0.2, 0) is 6.54 Å². The van der Waals surface area contributed by atoms with Crippen molar-refractivity contribution in [3.8, 4) is 11.1 Å². The van der Waals surface area contributed by atoms with E-state index in [0.717, 1.165) is 54.7 Å². The van der Waals surface area contributed by atoms with Gasteiger partial charge >= 0.3 is 0 Å². The Morgan fingerprint density at radius 1 is 1.11 bits per heavy atom. The average Bonchev–Trinajstić information content (AvgIpc) is 3.23. The van der Waals surface area contributed by atoms with Gasteiger partial charge in [-0.3, -0.25) is 14.5 Å². The zero-order chi connectivity index (χ0) is 18.6. The molecule has 0 bridgehead atoms. The summed E-state index contributed by atoms with van der Waals surface area (Å²) in [7, 11) is 0. The lowest BCUT2D eigenvalue weighted by atomic mass is 9.97. The van der Waals surface area contributed by atoms with Crippen LogP contribution in [0.15, 0.2) is 61.1 Å². The molecule has 1 aliphatic heterocycles. The first-order chi connectivity index (χ1) is 13.3. The second-order valence-corrected chi connectivity index (χ2v) is 6.93. The number of aromatic nitrogens is 3. The highest BCUT2D eigenvalue weighted by atomic mass is 16.2. The van der Waals surface area contributed by atoms with Gasteiger partial charge in [-0.05, 0) is 56.0 Å². The number of benzene rings is 1. The molecule has 138 valence electrons. The molecular formula is C22H24N4O. The van der Waals surface area contributed by atoms with E-state index in [9.17, 15) is 4.79 Å². The monoisotopic (exact) mass is 360 g/mol. The third-order valence-corrected chi connectivity index (χ3v) is 5.22. The Morgan fingerprint density at radius 3 is 2.67 bits per heavy atom. The van der Waals surface area contributed by atoms with Gasteiger partial charge in [-0.1, -0.05) is 18.2 Å². The van der Waals surface area contributed by atoms with Gasteiger partial charge in [0.15, 0.2) is 0 Å². The molecule has 0 aliphatic carbocycles. The molecule has 2 aromatic heterocycles. The van der Waals surface area contributed by atoms with Gasteiger partial charge in [0, 0.05) is 36.6 Å². The van der Waals surface area contributed by atoms with Gasteiger partial charge in [-0.15, -0.1) is 0 Å². The normalized spacial score (nSPS) is 17.1. The second kappa shape index (κ2) is 7.74. The SMILES string of the molecule is CCn1cc(-c2ccc(C(=O)N3CCCC[C@H]3c3ccccn3)cc2)cn1. The van der Waals surface area contributed by atoms with Crippen LogP contribution >= 0.6 is 0 Å². The smallest absolute Gasteiger partial charge is 0.254 e. The predicted octanol–water partition coefficient (Wildman–Crippen LogP) is 4.33. The van der Waals surface area contributed by atoms with Crippen molar-refractivity contribution in [3.05, 3.63) is 72.3 Å². The molecule has 1 saturated heterocycles. The predicted molar refractivity (Wildman–Crippen MR) is 105 cm³/mol. The van der Waals surface area contributed by atoms with E-state index in [1.54, 1.807) is 6.20 Å². The second-order valence-electron chi connectivity index (χ2n) is 6.93. The fourth-order valence-electron chi connectivity index (χ4n) is 3.71. The van der Waals surface area contributed by atoms with Crippen LogP contribution in [0.4, 0.5) is 0 Å². The first kappa shape index (κ1) is 17.5. The zero-order valence-electron chi connectivity index (χ0n) is 15.6. The Balaban J connectivity index is 1.56. The van der Waals surface area contributed by atoms with Crippen LogP contribution in [-0.4, -0.2) is 32.1 Å². The largest absolute Gasteiger partial charge is 0.330 e. The third-order valence-electron chi connectivity index (χ3n) is 5.22. The van der Waals surface area contributed by atoms with Crippen molar-refractivity contribution >= 4 is 5.91 Å². The summed E-state index contributed by atoms with van der Waals surface area (Å²) < 4.78 is 1.90. The molecule has 3 aromatic rings. The number of rotatable bonds is 4. The lowest BCUT2D eigenvalue weighted by molar-refractivity contribution is 0.0606.